The molecule has 0 atom stereocenters. The maximum absolute atomic E-state index is 12.4. The van der Waals surface area contributed by atoms with Crippen molar-refractivity contribution in [2.75, 3.05) is 4.72 Å². The van der Waals surface area contributed by atoms with Crippen LogP contribution in [0.4, 0.5) is 5.69 Å². The van der Waals surface area contributed by atoms with Crippen LogP contribution in [-0.4, -0.2) is 13.5 Å². The Hall–Kier alpha value is -1.37. The molecule has 0 radical (unpaired) electrons. The van der Waals surface area contributed by atoms with E-state index in [0.29, 0.717) is 11.3 Å². The predicted octanol–water partition coefficient (Wildman–Crippen LogP) is 3.05. The average molecular weight is 356 g/mol. The lowest BCUT2D eigenvalue weighted by Crippen LogP contribution is -2.15. The number of rotatable bonds is 4. The largest absolute Gasteiger partial charge is 0.392 e. The van der Waals surface area contributed by atoms with Gasteiger partial charge in [-0.05, 0) is 36.2 Å². The molecule has 0 saturated heterocycles. The third-order valence-electron chi connectivity index (χ3n) is 2.88. The summed E-state index contributed by atoms with van der Waals surface area (Å²) in [6.07, 6.45) is 0. The predicted molar refractivity (Wildman–Crippen MR) is 82.1 cm³/mol. The summed E-state index contributed by atoms with van der Waals surface area (Å²) >= 11 is 3.31. The van der Waals surface area contributed by atoms with E-state index >= 15 is 0 Å². The van der Waals surface area contributed by atoms with E-state index in [1.807, 2.05) is 19.1 Å². The van der Waals surface area contributed by atoms with Crippen molar-refractivity contribution in [1.82, 2.24) is 0 Å². The highest BCUT2D eigenvalue weighted by atomic mass is 79.9. The molecule has 0 aliphatic carbocycles. The molecule has 4 nitrogen and oxygen atoms in total. The number of hydrogen-bond donors (Lipinski definition) is 2. The van der Waals surface area contributed by atoms with Gasteiger partial charge in [0.05, 0.1) is 17.2 Å². The van der Waals surface area contributed by atoms with E-state index in [1.54, 1.807) is 24.3 Å². The van der Waals surface area contributed by atoms with Crippen molar-refractivity contribution in [3.05, 3.63) is 58.1 Å². The van der Waals surface area contributed by atoms with Gasteiger partial charge < -0.3 is 5.11 Å². The molecule has 106 valence electrons. The monoisotopic (exact) mass is 355 g/mol. The number of benzene rings is 2. The minimum Gasteiger partial charge on any atom is -0.392 e. The third kappa shape index (κ3) is 3.20. The molecule has 2 N–H and O–H groups in total. The first kappa shape index (κ1) is 15.0. The van der Waals surface area contributed by atoms with Crippen molar-refractivity contribution in [3.63, 3.8) is 0 Å². The van der Waals surface area contributed by atoms with Gasteiger partial charge in [-0.1, -0.05) is 40.2 Å². The normalized spacial score (nSPS) is 11.3. The average Bonchev–Trinajstić information content (AvgIpc) is 2.42. The number of aryl methyl sites for hydroxylation is 1. The maximum atomic E-state index is 12.4. The first-order valence-corrected chi connectivity index (χ1v) is 8.19. The van der Waals surface area contributed by atoms with Crippen LogP contribution in [-0.2, 0) is 16.6 Å². The van der Waals surface area contributed by atoms with Crippen LogP contribution in [0.15, 0.2) is 51.8 Å². The minimum absolute atomic E-state index is 0.0851. The van der Waals surface area contributed by atoms with E-state index < -0.39 is 10.0 Å². The molecule has 20 heavy (non-hydrogen) atoms. The molecular weight excluding hydrogens is 342 g/mol. The fraction of sp³-hybridized carbons (Fsp3) is 0.143. The molecular formula is C14H14BrNO3S. The van der Waals surface area contributed by atoms with Gasteiger partial charge >= 0.3 is 0 Å². The summed E-state index contributed by atoms with van der Waals surface area (Å²) < 4.78 is 28.2. The van der Waals surface area contributed by atoms with Gasteiger partial charge in [-0.15, -0.1) is 0 Å². The van der Waals surface area contributed by atoms with Crippen LogP contribution < -0.4 is 4.72 Å². The molecule has 0 unspecified atom stereocenters. The molecule has 6 heteroatoms. The van der Waals surface area contributed by atoms with Crippen LogP contribution in [0.3, 0.4) is 0 Å². The van der Waals surface area contributed by atoms with Crippen LogP contribution in [0.5, 0.6) is 0 Å². The van der Waals surface area contributed by atoms with Gasteiger partial charge in [0.1, 0.15) is 0 Å². The molecule has 0 spiro atoms. The Kier molecular flexibility index (Phi) is 4.47. The molecule has 0 bridgehead atoms. The third-order valence-corrected chi connectivity index (χ3v) is 4.84. The molecule has 2 aromatic rings. The second kappa shape index (κ2) is 5.95. The number of sulfonamides is 1. The van der Waals surface area contributed by atoms with Gasteiger partial charge in [-0.2, -0.15) is 0 Å². The summed E-state index contributed by atoms with van der Waals surface area (Å²) in [7, 11) is -3.73. The van der Waals surface area contributed by atoms with E-state index in [-0.39, 0.29) is 11.5 Å². The number of nitrogens with one attached hydrogen (secondary N) is 1. The Morgan fingerprint density at radius 1 is 1.20 bits per heavy atom. The van der Waals surface area contributed by atoms with Gasteiger partial charge in [0.15, 0.2) is 0 Å². The zero-order valence-electron chi connectivity index (χ0n) is 10.8. The van der Waals surface area contributed by atoms with Gasteiger partial charge in [0.2, 0.25) is 0 Å². The number of aliphatic hydroxyl groups is 1. The number of hydrogen-bond acceptors (Lipinski definition) is 3. The number of aliphatic hydroxyl groups excluding tert-OH is 1. The van der Waals surface area contributed by atoms with Crippen LogP contribution in [0.25, 0.3) is 0 Å². The summed E-state index contributed by atoms with van der Waals surface area (Å²) in [6, 6.07) is 11.7. The van der Waals surface area contributed by atoms with E-state index in [0.717, 1.165) is 10.0 Å². The van der Waals surface area contributed by atoms with E-state index in [9.17, 15) is 13.5 Å². The summed E-state index contributed by atoms with van der Waals surface area (Å²) in [5.41, 5.74) is 1.69. The second-order valence-corrected chi connectivity index (χ2v) is 6.90. The topological polar surface area (TPSA) is 66.4 Å². The Bertz CT molecular complexity index is 729. The Morgan fingerprint density at radius 3 is 2.60 bits per heavy atom. The van der Waals surface area contributed by atoms with Crippen molar-refractivity contribution in [2.45, 2.75) is 18.4 Å². The van der Waals surface area contributed by atoms with Crippen LogP contribution in [0.1, 0.15) is 11.1 Å². The summed E-state index contributed by atoms with van der Waals surface area (Å²) in [4.78, 5) is 0.0851. The first-order valence-electron chi connectivity index (χ1n) is 5.92. The summed E-state index contributed by atoms with van der Waals surface area (Å²) in [5.74, 6) is 0. The van der Waals surface area contributed by atoms with Gasteiger partial charge in [0.25, 0.3) is 10.0 Å². The lowest BCUT2D eigenvalue weighted by Gasteiger charge is -2.13. The number of anilines is 1. The minimum atomic E-state index is -3.73. The summed E-state index contributed by atoms with van der Waals surface area (Å²) in [6.45, 7) is 1.50. The highest BCUT2D eigenvalue weighted by molar-refractivity contribution is 9.10. The van der Waals surface area contributed by atoms with Crippen molar-refractivity contribution >= 4 is 31.6 Å². The Labute approximate surface area is 126 Å². The van der Waals surface area contributed by atoms with Crippen molar-refractivity contribution in [3.8, 4) is 0 Å². The second-order valence-electron chi connectivity index (χ2n) is 4.33. The van der Waals surface area contributed by atoms with Crippen molar-refractivity contribution in [1.29, 1.82) is 0 Å². The van der Waals surface area contributed by atoms with Gasteiger partial charge in [0, 0.05) is 4.47 Å². The lowest BCUT2D eigenvalue weighted by molar-refractivity contribution is 0.278. The summed E-state index contributed by atoms with van der Waals surface area (Å²) in [5, 5.41) is 9.25. The van der Waals surface area contributed by atoms with Gasteiger partial charge in [-0.3, -0.25) is 4.72 Å². The van der Waals surface area contributed by atoms with Gasteiger partial charge in [-0.25, -0.2) is 8.42 Å². The van der Waals surface area contributed by atoms with Crippen molar-refractivity contribution < 1.29 is 13.5 Å². The fourth-order valence-electron chi connectivity index (χ4n) is 1.80. The zero-order valence-corrected chi connectivity index (χ0v) is 13.2. The molecule has 0 amide bonds. The lowest BCUT2D eigenvalue weighted by atomic mass is 10.2. The van der Waals surface area contributed by atoms with E-state index in [1.165, 1.54) is 6.07 Å². The molecule has 2 rings (SSSR count). The first-order chi connectivity index (χ1) is 9.44. The molecule has 0 aromatic heterocycles. The maximum Gasteiger partial charge on any atom is 0.262 e. The highest BCUT2D eigenvalue weighted by Crippen LogP contribution is 2.25. The highest BCUT2D eigenvalue weighted by Gasteiger charge is 2.18. The van der Waals surface area contributed by atoms with Crippen molar-refractivity contribution in [2.24, 2.45) is 0 Å². The van der Waals surface area contributed by atoms with Crippen LogP contribution in [0, 0.1) is 6.92 Å². The van der Waals surface area contributed by atoms with Crippen LogP contribution in [0.2, 0.25) is 0 Å². The van der Waals surface area contributed by atoms with Crippen LogP contribution >= 0.6 is 15.9 Å². The Balaban J connectivity index is 2.43. The standard InChI is InChI=1S/C14H14BrNO3S/c1-10-6-7-12(15)8-13(10)16-20(18,19)14-5-3-2-4-11(14)9-17/h2-8,16-17H,9H2,1H3. The molecule has 0 heterocycles. The van der Waals surface area contributed by atoms with E-state index in [4.69, 9.17) is 0 Å². The molecule has 2 aromatic carbocycles. The SMILES string of the molecule is Cc1ccc(Br)cc1NS(=O)(=O)c1ccccc1CO. The molecule has 0 saturated carbocycles. The Morgan fingerprint density at radius 2 is 1.90 bits per heavy atom. The zero-order chi connectivity index (χ0) is 14.8. The fourth-order valence-corrected chi connectivity index (χ4v) is 3.52. The number of halogens is 1. The smallest absolute Gasteiger partial charge is 0.262 e. The van der Waals surface area contributed by atoms with E-state index in [2.05, 4.69) is 20.7 Å². The molecule has 0 aliphatic heterocycles. The quantitative estimate of drug-likeness (QED) is 0.885. The molecule has 0 fully saturated rings. The molecule has 0 aliphatic rings.